The van der Waals surface area contributed by atoms with Crippen LogP contribution in [0.3, 0.4) is 0 Å². The van der Waals surface area contributed by atoms with Crippen LogP contribution >= 0.6 is 0 Å². The largest absolute Gasteiger partial charge is 0.494 e. The first-order valence-corrected chi connectivity index (χ1v) is 9.57. The summed E-state index contributed by atoms with van der Waals surface area (Å²) in [6.07, 6.45) is 2.99. The first-order chi connectivity index (χ1) is 13.7. The number of hydrogen-bond acceptors (Lipinski definition) is 7. The Morgan fingerprint density at radius 3 is 2.57 bits per heavy atom. The summed E-state index contributed by atoms with van der Waals surface area (Å²) in [5.41, 5.74) is 1.01. The van der Waals surface area contributed by atoms with Crippen LogP contribution in [-0.2, 0) is 9.47 Å². The lowest BCUT2D eigenvalue weighted by atomic mass is 10.0. The van der Waals surface area contributed by atoms with Crippen LogP contribution in [0.2, 0.25) is 0 Å². The zero-order chi connectivity index (χ0) is 19.4. The number of carbonyl (C=O) groups is 1. The maximum absolute atomic E-state index is 12.6. The van der Waals surface area contributed by atoms with Crippen molar-refractivity contribution in [2.24, 2.45) is 0 Å². The van der Waals surface area contributed by atoms with E-state index in [2.05, 4.69) is 20.2 Å². The van der Waals surface area contributed by atoms with E-state index >= 15 is 0 Å². The van der Waals surface area contributed by atoms with Gasteiger partial charge in [0.15, 0.2) is 5.79 Å². The highest BCUT2D eigenvalue weighted by Crippen LogP contribution is 2.32. The van der Waals surface area contributed by atoms with Gasteiger partial charge >= 0.3 is 0 Å². The maximum Gasteiger partial charge on any atom is 0.274 e. The molecule has 2 aromatic rings. The highest BCUT2D eigenvalue weighted by atomic mass is 16.7. The number of amides is 1. The number of hydrogen-bond donors (Lipinski definition) is 1. The first-order valence-electron chi connectivity index (χ1n) is 9.57. The molecule has 0 atom stereocenters. The SMILES string of the molecule is CCOc1ccc(NC(=O)c2cc(N3CCC4(CC3)OCCO4)ncn2)cc1. The lowest BCUT2D eigenvalue weighted by Gasteiger charge is -2.38. The molecule has 1 aromatic carbocycles. The molecule has 8 nitrogen and oxygen atoms in total. The minimum Gasteiger partial charge on any atom is -0.494 e. The lowest BCUT2D eigenvalue weighted by Crippen LogP contribution is -2.45. The summed E-state index contributed by atoms with van der Waals surface area (Å²) in [6, 6.07) is 8.97. The molecule has 1 N–H and O–H groups in total. The predicted molar refractivity (Wildman–Crippen MR) is 104 cm³/mol. The number of benzene rings is 1. The van der Waals surface area contributed by atoms with Gasteiger partial charge in [-0.3, -0.25) is 4.79 Å². The van der Waals surface area contributed by atoms with Gasteiger partial charge in [-0.05, 0) is 31.2 Å². The van der Waals surface area contributed by atoms with E-state index in [1.54, 1.807) is 18.2 Å². The molecule has 28 heavy (non-hydrogen) atoms. The lowest BCUT2D eigenvalue weighted by molar-refractivity contribution is -0.169. The Kier molecular flexibility index (Phi) is 5.40. The van der Waals surface area contributed by atoms with Crippen LogP contribution in [0.5, 0.6) is 5.75 Å². The zero-order valence-corrected chi connectivity index (χ0v) is 15.9. The number of ether oxygens (including phenoxy) is 3. The Morgan fingerprint density at radius 1 is 1.18 bits per heavy atom. The Hall–Kier alpha value is -2.71. The summed E-state index contributed by atoms with van der Waals surface area (Å²) in [5.74, 6) is 0.795. The maximum atomic E-state index is 12.6. The molecular formula is C20H24N4O4. The second-order valence-corrected chi connectivity index (χ2v) is 6.77. The Labute approximate surface area is 163 Å². The van der Waals surface area contributed by atoms with Gasteiger partial charge in [-0.1, -0.05) is 0 Å². The molecule has 4 rings (SSSR count). The number of nitrogens with zero attached hydrogens (tertiary/aromatic N) is 3. The first kappa shape index (κ1) is 18.6. The highest BCUT2D eigenvalue weighted by Gasteiger charge is 2.40. The van der Waals surface area contributed by atoms with Gasteiger partial charge in [0, 0.05) is 37.7 Å². The number of aromatic nitrogens is 2. The van der Waals surface area contributed by atoms with Crippen LogP contribution in [0.1, 0.15) is 30.3 Å². The normalized spacial score (nSPS) is 18.2. The van der Waals surface area contributed by atoms with Crippen LogP contribution in [-0.4, -0.2) is 54.6 Å². The van der Waals surface area contributed by atoms with Crippen molar-refractivity contribution in [3.8, 4) is 5.75 Å². The van der Waals surface area contributed by atoms with Crippen molar-refractivity contribution in [3.05, 3.63) is 42.4 Å². The molecule has 2 saturated heterocycles. The smallest absolute Gasteiger partial charge is 0.274 e. The van der Waals surface area contributed by atoms with Crippen molar-refractivity contribution in [3.63, 3.8) is 0 Å². The summed E-state index contributed by atoms with van der Waals surface area (Å²) in [6.45, 7) is 5.37. The molecule has 1 aromatic heterocycles. The Morgan fingerprint density at radius 2 is 1.89 bits per heavy atom. The van der Waals surface area contributed by atoms with E-state index in [0.29, 0.717) is 31.2 Å². The van der Waals surface area contributed by atoms with E-state index in [-0.39, 0.29) is 5.91 Å². The van der Waals surface area contributed by atoms with Crippen molar-refractivity contribution in [2.45, 2.75) is 25.6 Å². The number of piperidine rings is 1. The molecule has 1 amide bonds. The minimum absolute atomic E-state index is 0.274. The van der Waals surface area contributed by atoms with Gasteiger partial charge < -0.3 is 24.4 Å². The highest BCUT2D eigenvalue weighted by molar-refractivity contribution is 6.03. The van der Waals surface area contributed by atoms with Gasteiger partial charge in [0.1, 0.15) is 23.6 Å². The molecular weight excluding hydrogens is 360 g/mol. The van der Waals surface area contributed by atoms with Gasteiger partial charge in [-0.15, -0.1) is 0 Å². The van der Waals surface area contributed by atoms with E-state index in [9.17, 15) is 4.79 Å². The molecule has 2 fully saturated rings. The standard InChI is InChI=1S/C20H24N4O4/c1-2-26-16-5-3-15(4-6-16)23-19(25)17-13-18(22-14-21-17)24-9-7-20(8-10-24)27-11-12-28-20/h3-6,13-14H,2,7-12H2,1H3,(H,23,25). The molecule has 2 aliphatic rings. The summed E-state index contributed by atoms with van der Waals surface area (Å²) in [7, 11) is 0. The van der Waals surface area contributed by atoms with Crippen LogP contribution in [0.15, 0.2) is 36.7 Å². The number of rotatable bonds is 5. The van der Waals surface area contributed by atoms with Crippen molar-refractivity contribution in [2.75, 3.05) is 43.1 Å². The van der Waals surface area contributed by atoms with Crippen molar-refractivity contribution >= 4 is 17.4 Å². The van der Waals surface area contributed by atoms with Gasteiger partial charge in [0.2, 0.25) is 0 Å². The van der Waals surface area contributed by atoms with Crippen LogP contribution in [0.25, 0.3) is 0 Å². The van der Waals surface area contributed by atoms with E-state index in [0.717, 1.165) is 37.5 Å². The fourth-order valence-electron chi connectivity index (χ4n) is 3.50. The fraction of sp³-hybridized carbons (Fsp3) is 0.450. The molecule has 0 saturated carbocycles. The number of nitrogens with one attached hydrogen (secondary N) is 1. The third-order valence-electron chi connectivity index (χ3n) is 4.97. The van der Waals surface area contributed by atoms with Crippen molar-refractivity contribution in [1.82, 2.24) is 9.97 Å². The van der Waals surface area contributed by atoms with Crippen molar-refractivity contribution < 1.29 is 19.0 Å². The molecule has 1 spiro atoms. The van der Waals surface area contributed by atoms with Gasteiger partial charge in [-0.2, -0.15) is 0 Å². The van der Waals surface area contributed by atoms with Gasteiger partial charge in [-0.25, -0.2) is 9.97 Å². The third kappa shape index (κ3) is 4.07. The Balaban J connectivity index is 1.39. The number of carbonyl (C=O) groups excluding carboxylic acids is 1. The predicted octanol–water partition coefficient (Wildman–Crippen LogP) is 2.47. The molecule has 0 bridgehead atoms. The monoisotopic (exact) mass is 384 g/mol. The summed E-state index contributed by atoms with van der Waals surface area (Å²) in [4.78, 5) is 23.2. The van der Waals surface area contributed by atoms with Gasteiger partial charge in [0.25, 0.3) is 5.91 Å². The number of anilines is 2. The topological polar surface area (TPSA) is 85.8 Å². The molecule has 0 aliphatic carbocycles. The fourth-order valence-corrected chi connectivity index (χ4v) is 3.50. The second kappa shape index (κ2) is 8.12. The quantitative estimate of drug-likeness (QED) is 0.847. The molecule has 0 radical (unpaired) electrons. The zero-order valence-electron chi connectivity index (χ0n) is 15.9. The van der Waals surface area contributed by atoms with Crippen LogP contribution in [0.4, 0.5) is 11.5 Å². The summed E-state index contributed by atoms with van der Waals surface area (Å²) < 4.78 is 16.9. The van der Waals surface area contributed by atoms with Crippen molar-refractivity contribution in [1.29, 1.82) is 0 Å². The van der Waals surface area contributed by atoms with Gasteiger partial charge in [0.05, 0.1) is 19.8 Å². The Bertz CT molecular complexity index is 811. The molecule has 2 aliphatic heterocycles. The molecule has 148 valence electrons. The second-order valence-electron chi connectivity index (χ2n) is 6.77. The van der Waals surface area contributed by atoms with Crippen LogP contribution < -0.4 is 15.0 Å². The molecule has 3 heterocycles. The molecule has 8 heteroatoms. The summed E-state index contributed by atoms with van der Waals surface area (Å²) >= 11 is 0. The average Bonchev–Trinajstić information content (AvgIpc) is 3.18. The van der Waals surface area contributed by atoms with E-state index in [1.807, 2.05) is 19.1 Å². The van der Waals surface area contributed by atoms with E-state index < -0.39 is 5.79 Å². The summed E-state index contributed by atoms with van der Waals surface area (Å²) in [5, 5.41) is 2.85. The minimum atomic E-state index is -0.433. The van der Waals surface area contributed by atoms with Crippen LogP contribution in [0, 0.1) is 0 Å². The van der Waals surface area contributed by atoms with E-state index in [4.69, 9.17) is 14.2 Å². The van der Waals surface area contributed by atoms with E-state index in [1.165, 1.54) is 6.33 Å². The average molecular weight is 384 g/mol. The third-order valence-corrected chi connectivity index (χ3v) is 4.97. The molecule has 0 unspecified atom stereocenters.